The van der Waals surface area contributed by atoms with E-state index in [0.717, 1.165) is 55.1 Å². The van der Waals surface area contributed by atoms with Crippen molar-refractivity contribution >= 4 is 15.9 Å². The molecule has 0 saturated carbocycles. The first kappa shape index (κ1) is 15.6. The molecular weight excluding hydrogens is 320 g/mol. The molecular formula is C15H23BrN2O2. The molecule has 1 saturated heterocycles. The summed E-state index contributed by atoms with van der Waals surface area (Å²) < 4.78 is 12.0. The summed E-state index contributed by atoms with van der Waals surface area (Å²) in [4.78, 5) is 2.45. The highest BCUT2D eigenvalue weighted by atomic mass is 79.9. The second-order valence-electron chi connectivity index (χ2n) is 4.95. The minimum Gasteiger partial charge on any atom is -0.495 e. The Hall–Kier alpha value is -0.780. The van der Waals surface area contributed by atoms with Gasteiger partial charge in [-0.2, -0.15) is 0 Å². The van der Waals surface area contributed by atoms with Crippen molar-refractivity contribution in [3.05, 3.63) is 21.7 Å². The zero-order valence-corrected chi connectivity index (χ0v) is 14.0. The molecule has 20 heavy (non-hydrogen) atoms. The quantitative estimate of drug-likeness (QED) is 0.890. The number of nitrogens with one attached hydrogen (secondary N) is 1. The van der Waals surface area contributed by atoms with Crippen molar-refractivity contribution in [1.29, 1.82) is 0 Å². The number of methoxy groups -OCH3 is 2. The average Bonchev–Trinajstić information content (AvgIpc) is 2.48. The van der Waals surface area contributed by atoms with Crippen LogP contribution in [0, 0.1) is 0 Å². The van der Waals surface area contributed by atoms with Gasteiger partial charge in [0.05, 0.1) is 14.2 Å². The van der Waals surface area contributed by atoms with Crippen LogP contribution < -0.4 is 14.8 Å². The lowest BCUT2D eigenvalue weighted by Gasteiger charge is -2.28. The second-order valence-corrected chi connectivity index (χ2v) is 5.75. The van der Waals surface area contributed by atoms with Gasteiger partial charge in [-0.3, -0.25) is 4.90 Å². The van der Waals surface area contributed by atoms with E-state index in [2.05, 4.69) is 39.1 Å². The van der Waals surface area contributed by atoms with E-state index in [1.165, 1.54) is 11.1 Å². The van der Waals surface area contributed by atoms with Crippen LogP contribution in [0.5, 0.6) is 11.5 Å². The first-order valence-electron chi connectivity index (χ1n) is 7.06. The van der Waals surface area contributed by atoms with E-state index in [9.17, 15) is 0 Å². The molecule has 112 valence electrons. The van der Waals surface area contributed by atoms with Crippen LogP contribution >= 0.6 is 15.9 Å². The van der Waals surface area contributed by atoms with Gasteiger partial charge in [0.15, 0.2) is 0 Å². The van der Waals surface area contributed by atoms with Gasteiger partial charge in [-0.05, 0) is 34.0 Å². The van der Waals surface area contributed by atoms with Gasteiger partial charge in [0.25, 0.3) is 0 Å². The topological polar surface area (TPSA) is 33.7 Å². The lowest BCUT2D eigenvalue weighted by atomic mass is 10.1. The maximum atomic E-state index is 5.59. The van der Waals surface area contributed by atoms with Gasteiger partial charge in [0.2, 0.25) is 0 Å². The number of ether oxygens (including phenoxy) is 2. The van der Waals surface area contributed by atoms with E-state index in [4.69, 9.17) is 9.47 Å². The third-order valence-electron chi connectivity index (χ3n) is 3.72. The molecule has 1 aromatic carbocycles. The number of hydrogen-bond acceptors (Lipinski definition) is 4. The summed E-state index contributed by atoms with van der Waals surface area (Å²) in [6, 6.07) is 2.21. The van der Waals surface area contributed by atoms with E-state index in [1.807, 2.05) is 0 Å². The lowest BCUT2D eigenvalue weighted by Crippen LogP contribution is -2.42. The van der Waals surface area contributed by atoms with Gasteiger partial charge in [0.1, 0.15) is 16.0 Å². The third kappa shape index (κ3) is 3.27. The van der Waals surface area contributed by atoms with Gasteiger partial charge in [-0.25, -0.2) is 0 Å². The van der Waals surface area contributed by atoms with Gasteiger partial charge in [-0.1, -0.05) is 6.92 Å². The van der Waals surface area contributed by atoms with Crippen molar-refractivity contribution < 1.29 is 9.47 Å². The summed E-state index contributed by atoms with van der Waals surface area (Å²) in [5.74, 6) is 1.77. The summed E-state index contributed by atoms with van der Waals surface area (Å²) in [6.07, 6.45) is 0.945. The minimum atomic E-state index is 0.883. The van der Waals surface area contributed by atoms with Crippen LogP contribution in [0.3, 0.4) is 0 Å². The number of nitrogens with zero attached hydrogens (tertiary/aromatic N) is 1. The number of rotatable bonds is 5. The zero-order chi connectivity index (χ0) is 14.5. The van der Waals surface area contributed by atoms with Crippen LogP contribution in [0.2, 0.25) is 0 Å². The highest BCUT2D eigenvalue weighted by Gasteiger charge is 2.19. The van der Waals surface area contributed by atoms with Crippen molar-refractivity contribution in [2.75, 3.05) is 40.4 Å². The normalized spacial score (nSPS) is 16.2. The molecule has 0 radical (unpaired) electrons. The van der Waals surface area contributed by atoms with Crippen molar-refractivity contribution in [2.24, 2.45) is 0 Å². The van der Waals surface area contributed by atoms with Crippen LogP contribution in [0.4, 0.5) is 0 Å². The van der Waals surface area contributed by atoms with Crippen LogP contribution in [0.1, 0.15) is 18.1 Å². The fraction of sp³-hybridized carbons (Fsp3) is 0.600. The molecule has 0 atom stereocenters. The van der Waals surface area contributed by atoms with Gasteiger partial charge >= 0.3 is 0 Å². The Kier molecular flexibility index (Phi) is 5.69. The molecule has 0 amide bonds. The molecule has 1 heterocycles. The van der Waals surface area contributed by atoms with Crippen molar-refractivity contribution in [3.63, 3.8) is 0 Å². The van der Waals surface area contributed by atoms with E-state index in [-0.39, 0.29) is 0 Å². The lowest BCUT2D eigenvalue weighted by molar-refractivity contribution is 0.229. The molecule has 0 unspecified atom stereocenters. The Labute approximate surface area is 129 Å². The Morgan fingerprint density at radius 2 is 1.75 bits per heavy atom. The fourth-order valence-corrected chi connectivity index (χ4v) is 3.49. The SMILES string of the molecule is CCc1cc(CN2CCNCC2)c(OC)c(Br)c1OC. The fourth-order valence-electron chi connectivity index (χ4n) is 2.66. The number of aryl methyl sites for hydroxylation is 1. The maximum Gasteiger partial charge on any atom is 0.141 e. The average molecular weight is 343 g/mol. The zero-order valence-electron chi connectivity index (χ0n) is 12.5. The van der Waals surface area contributed by atoms with Crippen LogP contribution in [0.15, 0.2) is 10.5 Å². The summed E-state index contributed by atoms with van der Waals surface area (Å²) in [5, 5.41) is 3.38. The van der Waals surface area contributed by atoms with Gasteiger partial charge in [0, 0.05) is 38.3 Å². The van der Waals surface area contributed by atoms with Crippen LogP contribution in [-0.2, 0) is 13.0 Å². The van der Waals surface area contributed by atoms with E-state index in [0.29, 0.717) is 0 Å². The Morgan fingerprint density at radius 3 is 2.30 bits per heavy atom. The first-order valence-corrected chi connectivity index (χ1v) is 7.85. The molecule has 0 aliphatic carbocycles. The van der Waals surface area contributed by atoms with Crippen molar-refractivity contribution in [1.82, 2.24) is 10.2 Å². The predicted molar refractivity (Wildman–Crippen MR) is 84.8 cm³/mol. The molecule has 5 heteroatoms. The monoisotopic (exact) mass is 342 g/mol. The van der Waals surface area contributed by atoms with Crippen LogP contribution in [0.25, 0.3) is 0 Å². The molecule has 1 fully saturated rings. The largest absolute Gasteiger partial charge is 0.495 e. The molecule has 0 aromatic heterocycles. The second kappa shape index (κ2) is 7.29. The van der Waals surface area contributed by atoms with E-state index >= 15 is 0 Å². The van der Waals surface area contributed by atoms with Gasteiger partial charge in [-0.15, -0.1) is 0 Å². The Morgan fingerprint density at radius 1 is 1.15 bits per heavy atom. The smallest absolute Gasteiger partial charge is 0.141 e. The molecule has 1 aromatic rings. The summed E-state index contributed by atoms with van der Waals surface area (Å²) in [5.41, 5.74) is 2.43. The molecule has 2 rings (SSSR count). The third-order valence-corrected chi connectivity index (χ3v) is 4.44. The summed E-state index contributed by atoms with van der Waals surface area (Å²) >= 11 is 3.63. The molecule has 0 bridgehead atoms. The molecule has 4 nitrogen and oxygen atoms in total. The van der Waals surface area contributed by atoms with Crippen molar-refractivity contribution in [3.8, 4) is 11.5 Å². The number of halogens is 1. The van der Waals surface area contributed by atoms with E-state index < -0.39 is 0 Å². The van der Waals surface area contributed by atoms with E-state index in [1.54, 1.807) is 14.2 Å². The minimum absolute atomic E-state index is 0.883. The van der Waals surface area contributed by atoms with Gasteiger partial charge < -0.3 is 14.8 Å². The predicted octanol–water partition coefficient (Wildman–Crippen LogP) is 2.43. The maximum absolute atomic E-state index is 5.59. The molecule has 1 aliphatic rings. The standard InChI is InChI=1S/C15H23BrN2O2/c1-4-11-9-12(10-18-7-5-17-6-8-18)15(20-3)13(16)14(11)19-2/h9,17H,4-8,10H2,1-3H3. The highest BCUT2D eigenvalue weighted by molar-refractivity contribution is 9.10. The van der Waals surface area contributed by atoms with Crippen molar-refractivity contribution in [2.45, 2.75) is 19.9 Å². The molecule has 1 aliphatic heterocycles. The summed E-state index contributed by atoms with van der Waals surface area (Å²) in [6.45, 7) is 7.33. The number of piperazine rings is 1. The Bertz CT molecular complexity index is 460. The number of hydrogen-bond donors (Lipinski definition) is 1. The number of benzene rings is 1. The molecule has 0 spiro atoms. The Balaban J connectivity index is 2.32. The molecule has 1 N–H and O–H groups in total. The first-order chi connectivity index (χ1) is 9.71. The summed E-state index contributed by atoms with van der Waals surface area (Å²) in [7, 11) is 3.42. The van der Waals surface area contributed by atoms with Crippen LogP contribution in [-0.4, -0.2) is 45.3 Å². The highest BCUT2D eigenvalue weighted by Crippen LogP contribution is 2.40.